The van der Waals surface area contributed by atoms with Crippen LogP contribution in [0, 0.1) is 0 Å². The number of carbonyl (C=O) groups is 1. The van der Waals surface area contributed by atoms with Crippen molar-refractivity contribution in [2.45, 2.75) is 156 Å². The lowest BCUT2D eigenvalue weighted by Gasteiger charge is -2.35. The molecule has 6 nitrogen and oxygen atoms in total. The summed E-state index contributed by atoms with van der Waals surface area (Å²) < 4.78 is 23.9. The zero-order valence-electron chi connectivity index (χ0n) is 25.6. The molecule has 0 aromatic heterocycles. The van der Waals surface area contributed by atoms with E-state index in [9.17, 15) is 4.79 Å². The van der Waals surface area contributed by atoms with Gasteiger partial charge in [0.2, 0.25) is 0 Å². The van der Waals surface area contributed by atoms with Crippen molar-refractivity contribution in [3.05, 3.63) is 0 Å². The molecule has 0 fully saturated rings. The molecule has 0 aromatic rings. The second kappa shape index (κ2) is 25.4. The SMILES string of the molecule is CCCCCCCC(CCCCC(CC)OC(=O)OCCCN(CC)CC)(OCCCC)OCCCC. The molecule has 1 unspecified atom stereocenters. The second-order valence-corrected chi connectivity index (χ2v) is 10.4. The Morgan fingerprint density at radius 3 is 1.78 bits per heavy atom. The molecule has 0 aliphatic carbocycles. The Balaban J connectivity index is 4.67. The molecule has 0 bridgehead atoms. The van der Waals surface area contributed by atoms with Crippen molar-refractivity contribution in [2.75, 3.05) is 39.5 Å². The van der Waals surface area contributed by atoms with E-state index in [0.717, 1.165) is 110 Å². The van der Waals surface area contributed by atoms with E-state index in [4.69, 9.17) is 18.9 Å². The summed E-state index contributed by atoms with van der Waals surface area (Å²) in [4.78, 5) is 14.5. The first-order valence-corrected chi connectivity index (χ1v) is 15.8. The molecular formula is C31H63NO5. The number of hydrogen-bond acceptors (Lipinski definition) is 6. The van der Waals surface area contributed by atoms with Crippen molar-refractivity contribution < 1.29 is 23.7 Å². The largest absolute Gasteiger partial charge is 0.508 e. The standard InChI is InChI=1S/C31H63NO5/c1-7-13-16-17-19-23-31(35-27-14-8-2,36-28-15-9-3)24-20-18-22-29(10-4)37-30(33)34-26-21-25-32(11-5)12-6/h29H,7-28H2,1-6H3. The maximum atomic E-state index is 12.2. The van der Waals surface area contributed by atoms with Gasteiger partial charge in [0, 0.05) is 19.4 Å². The van der Waals surface area contributed by atoms with Crippen molar-refractivity contribution in [1.29, 1.82) is 0 Å². The lowest BCUT2D eigenvalue weighted by molar-refractivity contribution is -0.247. The van der Waals surface area contributed by atoms with Crippen LogP contribution in [-0.2, 0) is 18.9 Å². The van der Waals surface area contributed by atoms with Crippen LogP contribution in [0.25, 0.3) is 0 Å². The molecule has 1 atom stereocenters. The van der Waals surface area contributed by atoms with Crippen molar-refractivity contribution >= 4 is 6.16 Å². The molecule has 0 rings (SSSR count). The van der Waals surface area contributed by atoms with E-state index in [2.05, 4.69) is 46.4 Å². The molecule has 37 heavy (non-hydrogen) atoms. The topological polar surface area (TPSA) is 57.2 Å². The smallest absolute Gasteiger partial charge is 0.434 e. The number of rotatable bonds is 27. The molecule has 0 spiro atoms. The van der Waals surface area contributed by atoms with Crippen molar-refractivity contribution in [3.8, 4) is 0 Å². The zero-order valence-corrected chi connectivity index (χ0v) is 25.6. The third-order valence-electron chi connectivity index (χ3n) is 7.17. The van der Waals surface area contributed by atoms with Gasteiger partial charge >= 0.3 is 6.16 Å². The number of carbonyl (C=O) groups excluding carboxylic acids is 1. The minimum atomic E-state index is -0.529. The van der Waals surface area contributed by atoms with Crippen LogP contribution in [0.1, 0.15) is 144 Å². The van der Waals surface area contributed by atoms with Crippen LogP contribution >= 0.6 is 0 Å². The molecule has 0 saturated carbocycles. The van der Waals surface area contributed by atoms with Gasteiger partial charge in [-0.2, -0.15) is 0 Å². The van der Waals surface area contributed by atoms with E-state index in [0.29, 0.717) is 6.61 Å². The number of nitrogens with zero attached hydrogens (tertiary/aromatic N) is 1. The van der Waals surface area contributed by atoms with Gasteiger partial charge in [-0.05, 0) is 64.5 Å². The Hall–Kier alpha value is -0.850. The fraction of sp³-hybridized carbons (Fsp3) is 0.968. The normalized spacial score (nSPS) is 12.7. The van der Waals surface area contributed by atoms with Crippen molar-refractivity contribution in [1.82, 2.24) is 4.90 Å². The monoisotopic (exact) mass is 529 g/mol. The summed E-state index contributed by atoms with van der Waals surface area (Å²) in [5, 5.41) is 0. The quantitative estimate of drug-likeness (QED) is 0.0601. The van der Waals surface area contributed by atoms with Gasteiger partial charge < -0.3 is 23.8 Å². The molecule has 6 heteroatoms. The first-order chi connectivity index (χ1) is 18.0. The van der Waals surface area contributed by atoms with E-state index in [1.165, 1.54) is 25.7 Å². The molecule has 0 N–H and O–H groups in total. The highest BCUT2D eigenvalue weighted by atomic mass is 16.7. The molecule has 0 saturated heterocycles. The Labute approximate surface area is 230 Å². The molecule has 0 amide bonds. The summed E-state index contributed by atoms with van der Waals surface area (Å²) in [5.74, 6) is -0.469. The summed E-state index contributed by atoms with van der Waals surface area (Å²) in [6.07, 6.45) is 16.4. The van der Waals surface area contributed by atoms with E-state index in [-0.39, 0.29) is 6.10 Å². The summed E-state index contributed by atoms with van der Waals surface area (Å²) in [5.41, 5.74) is 0. The fourth-order valence-electron chi connectivity index (χ4n) is 4.52. The maximum absolute atomic E-state index is 12.2. The van der Waals surface area contributed by atoms with Gasteiger partial charge in [-0.3, -0.25) is 0 Å². The first-order valence-electron chi connectivity index (χ1n) is 15.8. The predicted molar refractivity (Wildman–Crippen MR) is 155 cm³/mol. The lowest BCUT2D eigenvalue weighted by atomic mass is 9.98. The highest BCUT2D eigenvalue weighted by Crippen LogP contribution is 2.30. The molecule has 0 aliphatic rings. The van der Waals surface area contributed by atoms with E-state index >= 15 is 0 Å². The molecule has 0 heterocycles. The van der Waals surface area contributed by atoms with Gasteiger partial charge in [0.15, 0.2) is 5.79 Å². The average molecular weight is 530 g/mol. The highest BCUT2D eigenvalue weighted by molar-refractivity contribution is 5.60. The van der Waals surface area contributed by atoms with Crippen LogP contribution in [0.3, 0.4) is 0 Å². The van der Waals surface area contributed by atoms with Gasteiger partial charge in [0.1, 0.15) is 6.10 Å². The van der Waals surface area contributed by atoms with Gasteiger partial charge in [-0.25, -0.2) is 4.79 Å². The Morgan fingerprint density at radius 1 is 0.676 bits per heavy atom. The minimum absolute atomic E-state index is 0.0965. The summed E-state index contributed by atoms with van der Waals surface area (Å²) in [6, 6.07) is 0. The average Bonchev–Trinajstić information content (AvgIpc) is 2.90. The van der Waals surface area contributed by atoms with Gasteiger partial charge in [0.05, 0.1) is 19.8 Å². The van der Waals surface area contributed by atoms with Crippen molar-refractivity contribution in [3.63, 3.8) is 0 Å². The number of ether oxygens (including phenoxy) is 4. The Kier molecular flexibility index (Phi) is 24.8. The van der Waals surface area contributed by atoms with Crippen LogP contribution in [0.4, 0.5) is 4.79 Å². The molecule has 0 radical (unpaired) electrons. The van der Waals surface area contributed by atoms with Crippen LogP contribution in [0.2, 0.25) is 0 Å². The van der Waals surface area contributed by atoms with Crippen molar-refractivity contribution in [2.24, 2.45) is 0 Å². The third kappa shape index (κ3) is 19.8. The second-order valence-electron chi connectivity index (χ2n) is 10.4. The predicted octanol–water partition coefficient (Wildman–Crippen LogP) is 8.90. The highest BCUT2D eigenvalue weighted by Gasteiger charge is 2.31. The zero-order chi connectivity index (χ0) is 27.6. The van der Waals surface area contributed by atoms with E-state index in [1.54, 1.807) is 0 Å². The molecule has 0 aliphatic heterocycles. The van der Waals surface area contributed by atoms with Crippen LogP contribution in [-0.4, -0.2) is 62.4 Å². The van der Waals surface area contributed by atoms with Gasteiger partial charge in [-0.15, -0.1) is 0 Å². The molecule has 222 valence electrons. The fourth-order valence-corrected chi connectivity index (χ4v) is 4.52. The van der Waals surface area contributed by atoms with Crippen LogP contribution in [0.15, 0.2) is 0 Å². The summed E-state index contributed by atoms with van der Waals surface area (Å²) in [7, 11) is 0. The van der Waals surface area contributed by atoms with Crippen LogP contribution < -0.4 is 0 Å². The Morgan fingerprint density at radius 2 is 1.24 bits per heavy atom. The summed E-state index contributed by atoms with van der Waals surface area (Å²) >= 11 is 0. The van der Waals surface area contributed by atoms with Crippen LogP contribution in [0.5, 0.6) is 0 Å². The summed E-state index contributed by atoms with van der Waals surface area (Å²) in [6.45, 7) is 18.0. The third-order valence-corrected chi connectivity index (χ3v) is 7.17. The minimum Gasteiger partial charge on any atom is -0.434 e. The molecule has 0 aromatic carbocycles. The van der Waals surface area contributed by atoms with Gasteiger partial charge in [0.25, 0.3) is 0 Å². The van der Waals surface area contributed by atoms with Gasteiger partial charge in [-0.1, -0.05) is 80.1 Å². The maximum Gasteiger partial charge on any atom is 0.508 e. The number of hydrogen-bond donors (Lipinski definition) is 0. The van der Waals surface area contributed by atoms with E-state index < -0.39 is 11.9 Å². The Bertz CT molecular complexity index is 488. The first kappa shape index (κ1) is 36.1. The van der Waals surface area contributed by atoms with E-state index in [1.807, 2.05) is 0 Å². The number of unbranched alkanes of at least 4 members (excludes halogenated alkanes) is 7. The molecular weight excluding hydrogens is 466 g/mol. The lowest BCUT2D eigenvalue weighted by Crippen LogP contribution is -2.37.